The van der Waals surface area contributed by atoms with Gasteiger partial charge in [0.15, 0.2) is 4.34 Å². The van der Waals surface area contributed by atoms with Gasteiger partial charge in [-0.15, -0.1) is 22.0 Å². The van der Waals surface area contributed by atoms with Gasteiger partial charge in [0, 0.05) is 24.0 Å². The molecular formula is C21H20N4O6S3. The second-order valence-electron chi connectivity index (χ2n) is 7.43. The monoisotopic (exact) mass is 520 g/mol. The number of rotatable bonds is 8. The SMILES string of the molecule is CC(=O)O[C@@H](C(=O)NC1C(=O)N2C(C(=O)O)=C(CSc3nnc(C)s3)CS[C@H]12)c1ccccc1. The van der Waals surface area contributed by atoms with Crippen LogP contribution in [0.25, 0.3) is 0 Å². The summed E-state index contributed by atoms with van der Waals surface area (Å²) in [5.41, 5.74) is 1.01. The number of nitrogens with one attached hydrogen (secondary N) is 1. The highest BCUT2D eigenvalue weighted by Crippen LogP contribution is 2.42. The Bertz CT molecular complexity index is 1170. The third kappa shape index (κ3) is 4.95. The lowest BCUT2D eigenvalue weighted by atomic mass is 10.0. The molecule has 3 heterocycles. The second kappa shape index (κ2) is 10.2. The van der Waals surface area contributed by atoms with Gasteiger partial charge in [-0.2, -0.15) is 0 Å². The van der Waals surface area contributed by atoms with E-state index in [0.29, 0.717) is 22.6 Å². The summed E-state index contributed by atoms with van der Waals surface area (Å²) in [5.74, 6) is -2.25. The van der Waals surface area contributed by atoms with Crippen molar-refractivity contribution >= 4 is 58.6 Å². The third-order valence-corrected chi connectivity index (χ3v) is 8.45. The maximum atomic E-state index is 12.9. The summed E-state index contributed by atoms with van der Waals surface area (Å²) in [6.07, 6.45) is -1.22. The van der Waals surface area contributed by atoms with E-state index < -0.39 is 41.3 Å². The van der Waals surface area contributed by atoms with Crippen LogP contribution in [-0.2, 0) is 23.9 Å². The van der Waals surface area contributed by atoms with Crippen molar-refractivity contribution in [3.05, 3.63) is 52.2 Å². The molecule has 2 aromatic rings. The van der Waals surface area contributed by atoms with Crippen LogP contribution in [0.2, 0.25) is 0 Å². The minimum absolute atomic E-state index is 0.0624. The van der Waals surface area contributed by atoms with Gasteiger partial charge < -0.3 is 15.2 Å². The second-order valence-corrected chi connectivity index (χ2v) is 10.9. The molecule has 13 heteroatoms. The Morgan fingerprint density at radius 2 is 2.03 bits per heavy atom. The molecule has 1 aromatic heterocycles. The van der Waals surface area contributed by atoms with Crippen molar-refractivity contribution in [1.82, 2.24) is 20.4 Å². The number of carbonyl (C=O) groups is 4. The molecule has 1 fully saturated rings. The number of esters is 1. The molecule has 1 unspecified atom stereocenters. The Balaban J connectivity index is 1.48. The molecule has 0 aliphatic carbocycles. The summed E-state index contributed by atoms with van der Waals surface area (Å²) in [5, 5.41) is 20.7. The number of β-lactam (4-membered cyclic amide) rings is 1. The smallest absolute Gasteiger partial charge is 0.352 e. The molecular weight excluding hydrogens is 500 g/mol. The highest BCUT2D eigenvalue weighted by Gasteiger charge is 2.54. The standard InChI is InChI=1S/C21H20N4O6S3/c1-10-23-24-21(34-10)33-9-13-8-32-19-14(18(28)25(19)15(13)20(29)30)22-17(27)16(31-11(2)26)12-6-4-3-5-7-12/h3-7,14,16,19H,8-9H2,1-2H3,(H,22,27)(H,29,30)/t14?,16-,19-/m1/s1. The number of fused-ring (bicyclic) bond motifs is 1. The normalized spacial score (nSPS) is 20.3. The van der Waals surface area contributed by atoms with Gasteiger partial charge in [0.2, 0.25) is 6.10 Å². The lowest BCUT2D eigenvalue weighted by molar-refractivity contribution is -0.157. The summed E-state index contributed by atoms with van der Waals surface area (Å²) in [6, 6.07) is 7.55. The summed E-state index contributed by atoms with van der Waals surface area (Å²) in [7, 11) is 0. The van der Waals surface area contributed by atoms with Gasteiger partial charge in [0.1, 0.15) is 22.1 Å². The Morgan fingerprint density at radius 3 is 2.65 bits per heavy atom. The van der Waals surface area contributed by atoms with Crippen molar-refractivity contribution in [2.75, 3.05) is 11.5 Å². The van der Waals surface area contributed by atoms with E-state index in [0.717, 1.165) is 9.35 Å². The molecule has 10 nitrogen and oxygen atoms in total. The minimum atomic E-state index is -1.22. The number of ether oxygens (including phenoxy) is 1. The first kappa shape index (κ1) is 24.2. The van der Waals surface area contributed by atoms with E-state index in [2.05, 4.69) is 15.5 Å². The first-order valence-electron chi connectivity index (χ1n) is 10.1. The minimum Gasteiger partial charge on any atom is -0.477 e. The van der Waals surface area contributed by atoms with E-state index >= 15 is 0 Å². The number of amides is 2. The van der Waals surface area contributed by atoms with Crippen LogP contribution in [0, 0.1) is 6.92 Å². The van der Waals surface area contributed by atoms with Crippen LogP contribution in [0.3, 0.4) is 0 Å². The quantitative estimate of drug-likeness (QED) is 0.302. The molecule has 0 spiro atoms. The van der Waals surface area contributed by atoms with Gasteiger partial charge in [0.25, 0.3) is 11.8 Å². The van der Waals surface area contributed by atoms with Crippen LogP contribution in [0.15, 0.2) is 45.9 Å². The van der Waals surface area contributed by atoms with Gasteiger partial charge in [-0.25, -0.2) is 4.79 Å². The van der Waals surface area contributed by atoms with Crippen LogP contribution in [0.1, 0.15) is 23.6 Å². The highest BCUT2D eigenvalue weighted by molar-refractivity contribution is 8.01. The largest absolute Gasteiger partial charge is 0.477 e. The molecule has 1 aromatic carbocycles. The number of carboxylic acid groups (broad SMARTS) is 1. The van der Waals surface area contributed by atoms with E-state index in [9.17, 15) is 24.3 Å². The van der Waals surface area contributed by atoms with Crippen LogP contribution >= 0.6 is 34.9 Å². The number of hydrogen-bond donors (Lipinski definition) is 2. The predicted molar refractivity (Wildman–Crippen MR) is 126 cm³/mol. The van der Waals surface area contributed by atoms with E-state index in [4.69, 9.17) is 4.74 Å². The predicted octanol–water partition coefficient (Wildman–Crippen LogP) is 1.98. The van der Waals surface area contributed by atoms with E-state index in [1.807, 2.05) is 6.92 Å². The van der Waals surface area contributed by atoms with Gasteiger partial charge >= 0.3 is 11.9 Å². The topological polar surface area (TPSA) is 139 Å². The number of hydrogen-bond acceptors (Lipinski definition) is 10. The Labute approximate surface area is 207 Å². The number of carboxylic acids is 1. The molecule has 0 saturated carbocycles. The highest BCUT2D eigenvalue weighted by atomic mass is 32.2. The molecule has 2 amide bonds. The van der Waals surface area contributed by atoms with Crippen molar-refractivity contribution in [1.29, 1.82) is 0 Å². The van der Waals surface area contributed by atoms with Crippen molar-refractivity contribution < 1.29 is 29.0 Å². The molecule has 4 rings (SSSR count). The fraction of sp³-hybridized carbons (Fsp3) is 0.333. The average Bonchev–Trinajstić information content (AvgIpc) is 3.24. The van der Waals surface area contributed by atoms with Crippen molar-refractivity contribution in [3.63, 3.8) is 0 Å². The maximum absolute atomic E-state index is 12.9. The van der Waals surface area contributed by atoms with Crippen LogP contribution in [-0.4, -0.2) is 66.9 Å². The number of aliphatic carboxylic acids is 1. The zero-order chi connectivity index (χ0) is 24.4. The number of aryl methyl sites for hydroxylation is 1. The summed E-state index contributed by atoms with van der Waals surface area (Å²) in [4.78, 5) is 50.6. The van der Waals surface area contributed by atoms with E-state index in [1.165, 1.54) is 46.7 Å². The number of benzene rings is 1. The molecule has 0 bridgehead atoms. The first-order chi connectivity index (χ1) is 16.3. The molecule has 2 N–H and O–H groups in total. The summed E-state index contributed by atoms with van der Waals surface area (Å²) < 4.78 is 5.91. The lowest BCUT2D eigenvalue weighted by Crippen LogP contribution is -2.71. The van der Waals surface area contributed by atoms with Gasteiger partial charge in [-0.3, -0.25) is 19.3 Å². The van der Waals surface area contributed by atoms with Gasteiger partial charge in [0.05, 0.1) is 0 Å². The van der Waals surface area contributed by atoms with E-state index in [-0.39, 0.29) is 5.70 Å². The third-order valence-electron chi connectivity index (χ3n) is 5.05. The number of nitrogens with zero attached hydrogens (tertiary/aromatic N) is 3. The van der Waals surface area contributed by atoms with Crippen LogP contribution in [0.4, 0.5) is 0 Å². The Morgan fingerprint density at radius 1 is 1.29 bits per heavy atom. The Kier molecular flexibility index (Phi) is 7.24. The van der Waals surface area contributed by atoms with Gasteiger partial charge in [-0.05, 0) is 12.5 Å². The average molecular weight is 521 g/mol. The van der Waals surface area contributed by atoms with Crippen LogP contribution in [0.5, 0.6) is 0 Å². The molecule has 3 atom stereocenters. The number of carbonyl (C=O) groups excluding carboxylic acids is 3. The molecule has 34 heavy (non-hydrogen) atoms. The molecule has 178 valence electrons. The van der Waals surface area contributed by atoms with Crippen molar-refractivity contribution in [3.8, 4) is 0 Å². The van der Waals surface area contributed by atoms with Crippen molar-refractivity contribution in [2.45, 2.75) is 35.7 Å². The zero-order valence-electron chi connectivity index (χ0n) is 18.1. The zero-order valence-corrected chi connectivity index (χ0v) is 20.5. The first-order valence-corrected chi connectivity index (χ1v) is 13.0. The number of thioether (sulfide) groups is 2. The number of aromatic nitrogens is 2. The molecule has 2 aliphatic heterocycles. The van der Waals surface area contributed by atoms with Crippen LogP contribution < -0.4 is 5.32 Å². The van der Waals surface area contributed by atoms with Crippen molar-refractivity contribution in [2.24, 2.45) is 0 Å². The fourth-order valence-electron chi connectivity index (χ4n) is 3.58. The molecule has 1 saturated heterocycles. The maximum Gasteiger partial charge on any atom is 0.352 e. The summed E-state index contributed by atoms with van der Waals surface area (Å²) >= 11 is 4.16. The molecule has 0 radical (unpaired) electrons. The van der Waals surface area contributed by atoms with E-state index in [1.54, 1.807) is 30.3 Å². The fourth-order valence-corrected chi connectivity index (χ4v) is 6.88. The summed E-state index contributed by atoms with van der Waals surface area (Å²) in [6.45, 7) is 3.03. The Hall–Kier alpha value is -2.90. The lowest BCUT2D eigenvalue weighted by Gasteiger charge is -2.49. The van der Waals surface area contributed by atoms with Gasteiger partial charge in [-0.1, -0.05) is 53.4 Å². The molecule has 2 aliphatic rings.